The largest absolute Gasteiger partial charge is 0.394 e. The molecule has 3 amide bonds. The van der Waals surface area contributed by atoms with Crippen LogP contribution in [0.4, 0.5) is 11.4 Å². The van der Waals surface area contributed by atoms with E-state index in [0.717, 1.165) is 25.2 Å². The Balaban J connectivity index is 1.84. The molecule has 8 atom stereocenters. The molecule has 3 aliphatic rings. The van der Waals surface area contributed by atoms with Crippen molar-refractivity contribution in [3.05, 3.63) is 49.6 Å². The van der Waals surface area contributed by atoms with Crippen LogP contribution in [0.1, 0.15) is 53.9 Å². The van der Waals surface area contributed by atoms with Crippen LogP contribution in [-0.2, 0) is 19.1 Å². The van der Waals surface area contributed by atoms with Crippen molar-refractivity contribution in [2.45, 2.75) is 82.5 Å². The number of anilines is 2. The molecular formula is C35H51BrN4O5. The summed E-state index contributed by atoms with van der Waals surface area (Å²) >= 11 is 3.78. The first-order chi connectivity index (χ1) is 21.6. The molecule has 1 aromatic carbocycles. The lowest BCUT2D eigenvalue weighted by molar-refractivity contribution is -0.148. The summed E-state index contributed by atoms with van der Waals surface area (Å²) in [5.74, 6) is -2.42. The van der Waals surface area contributed by atoms with Gasteiger partial charge in [-0.25, -0.2) is 0 Å². The lowest BCUT2D eigenvalue weighted by Gasteiger charge is -2.41. The highest BCUT2D eigenvalue weighted by Gasteiger charge is 2.77. The van der Waals surface area contributed by atoms with Gasteiger partial charge in [0.1, 0.15) is 11.6 Å². The van der Waals surface area contributed by atoms with Crippen molar-refractivity contribution in [2.75, 3.05) is 49.1 Å². The molecule has 9 nitrogen and oxygen atoms in total. The Morgan fingerprint density at radius 1 is 1.09 bits per heavy atom. The van der Waals surface area contributed by atoms with Crippen molar-refractivity contribution < 1.29 is 24.2 Å². The monoisotopic (exact) mass is 686 g/mol. The Morgan fingerprint density at radius 3 is 2.24 bits per heavy atom. The maximum Gasteiger partial charge on any atom is 0.253 e. The molecule has 0 aliphatic carbocycles. The lowest BCUT2D eigenvalue weighted by atomic mass is 9.70. The predicted octanol–water partition coefficient (Wildman–Crippen LogP) is 4.63. The molecule has 45 heavy (non-hydrogen) atoms. The molecule has 3 aliphatic heterocycles. The molecule has 3 saturated heterocycles. The average molecular weight is 688 g/mol. The molecule has 3 unspecified atom stereocenters. The van der Waals surface area contributed by atoms with Gasteiger partial charge in [0.15, 0.2) is 0 Å². The van der Waals surface area contributed by atoms with Gasteiger partial charge in [0.2, 0.25) is 11.8 Å². The molecule has 0 aromatic heterocycles. The van der Waals surface area contributed by atoms with Crippen LogP contribution in [0.25, 0.3) is 0 Å². The van der Waals surface area contributed by atoms with Crippen LogP contribution in [0.15, 0.2) is 49.6 Å². The molecule has 0 saturated carbocycles. The molecule has 10 heteroatoms. The highest BCUT2D eigenvalue weighted by molar-refractivity contribution is 9.09. The molecular weight excluding hydrogens is 636 g/mol. The third-order valence-corrected chi connectivity index (χ3v) is 11.0. The van der Waals surface area contributed by atoms with Gasteiger partial charge in [0.05, 0.1) is 30.6 Å². The van der Waals surface area contributed by atoms with E-state index in [1.807, 2.05) is 45.0 Å². The number of amides is 3. The smallest absolute Gasteiger partial charge is 0.253 e. The molecule has 1 N–H and O–H groups in total. The van der Waals surface area contributed by atoms with E-state index in [9.17, 15) is 19.5 Å². The second-order valence-corrected chi connectivity index (χ2v) is 13.7. The number of nitrogens with zero attached hydrogens (tertiary/aromatic N) is 4. The summed E-state index contributed by atoms with van der Waals surface area (Å²) < 4.78 is 6.78. The number of alkyl halides is 1. The van der Waals surface area contributed by atoms with Gasteiger partial charge in [-0.2, -0.15) is 0 Å². The summed E-state index contributed by atoms with van der Waals surface area (Å²) in [6.07, 6.45) is 4.69. The standard InChI is InChI=1S/C35H51BrN4O5/c1-8-18-38(19-9-2)32(42)28-29-33(43)40(27(22-41)23(7)11-4)31(35(29)21-26(36)30(28)45-35)34(44)39(20-10-3)25-16-14-24(15-17-25)37(12-5)13-6/h8,10,14-17,23,26-31,41H,1,3,9,11-13,18-22H2,2,4-7H3/t23-,26?,27-,28-,29-,30-,31?,35?/m0/s1. The molecule has 1 spiro atoms. The quantitative estimate of drug-likeness (QED) is 0.201. The summed E-state index contributed by atoms with van der Waals surface area (Å²) in [5, 5.41) is 10.7. The number of carbonyl (C=O) groups excluding carboxylic acids is 3. The summed E-state index contributed by atoms with van der Waals surface area (Å²) in [6.45, 7) is 20.5. The van der Waals surface area contributed by atoms with Crippen LogP contribution in [0, 0.1) is 17.8 Å². The van der Waals surface area contributed by atoms with E-state index >= 15 is 0 Å². The number of ether oxygens (including phenoxy) is 1. The summed E-state index contributed by atoms with van der Waals surface area (Å²) in [6, 6.07) is 6.22. The van der Waals surface area contributed by atoms with Crippen LogP contribution in [0.2, 0.25) is 0 Å². The second-order valence-electron chi connectivity index (χ2n) is 12.5. The Bertz CT molecular complexity index is 1240. The first kappa shape index (κ1) is 35.2. The van der Waals surface area contributed by atoms with Gasteiger partial charge < -0.3 is 29.4 Å². The van der Waals surface area contributed by atoms with Gasteiger partial charge in [0, 0.05) is 48.9 Å². The number of likely N-dealkylation sites (tertiary alicyclic amines) is 1. The first-order valence-electron chi connectivity index (χ1n) is 16.5. The fraction of sp³-hybridized carbons (Fsp3) is 0.629. The third kappa shape index (κ3) is 6.10. The van der Waals surface area contributed by atoms with Crippen molar-refractivity contribution >= 4 is 45.0 Å². The van der Waals surface area contributed by atoms with Crippen LogP contribution in [0.5, 0.6) is 0 Å². The van der Waals surface area contributed by atoms with E-state index < -0.39 is 35.6 Å². The van der Waals surface area contributed by atoms with E-state index in [2.05, 4.69) is 47.8 Å². The highest BCUT2D eigenvalue weighted by Crippen LogP contribution is 2.61. The van der Waals surface area contributed by atoms with Gasteiger partial charge in [-0.15, -0.1) is 13.2 Å². The van der Waals surface area contributed by atoms with Crippen LogP contribution in [0.3, 0.4) is 0 Å². The van der Waals surface area contributed by atoms with Crippen LogP contribution in [-0.4, -0.2) is 101 Å². The summed E-state index contributed by atoms with van der Waals surface area (Å²) in [4.78, 5) is 50.9. The zero-order valence-corrected chi connectivity index (χ0v) is 29.1. The van der Waals surface area contributed by atoms with E-state index in [-0.39, 0.29) is 41.6 Å². The maximum atomic E-state index is 15.0. The van der Waals surface area contributed by atoms with Crippen molar-refractivity contribution in [1.82, 2.24) is 9.80 Å². The molecule has 3 heterocycles. The number of halogens is 1. The number of benzene rings is 1. The molecule has 1 aromatic rings. The van der Waals surface area contributed by atoms with E-state index in [1.165, 1.54) is 0 Å². The van der Waals surface area contributed by atoms with Crippen molar-refractivity contribution in [3.63, 3.8) is 0 Å². The molecule has 4 rings (SSSR count). The minimum Gasteiger partial charge on any atom is -0.394 e. The number of hydrogen-bond donors (Lipinski definition) is 1. The minimum absolute atomic E-state index is 0.0887. The molecule has 248 valence electrons. The Labute approximate surface area is 277 Å². The van der Waals surface area contributed by atoms with Gasteiger partial charge >= 0.3 is 0 Å². The fourth-order valence-corrected chi connectivity index (χ4v) is 8.70. The number of hydrogen-bond acceptors (Lipinski definition) is 6. The van der Waals surface area contributed by atoms with E-state index in [0.29, 0.717) is 31.6 Å². The zero-order valence-electron chi connectivity index (χ0n) is 27.5. The molecule has 2 bridgehead atoms. The predicted molar refractivity (Wildman–Crippen MR) is 182 cm³/mol. The van der Waals surface area contributed by atoms with Crippen molar-refractivity contribution in [2.24, 2.45) is 17.8 Å². The zero-order chi connectivity index (χ0) is 33.1. The van der Waals surface area contributed by atoms with Crippen molar-refractivity contribution in [3.8, 4) is 0 Å². The topological polar surface area (TPSA) is 93.6 Å². The minimum atomic E-state index is -1.22. The molecule has 3 fully saturated rings. The third-order valence-electron chi connectivity index (χ3n) is 10.1. The Kier molecular flexibility index (Phi) is 11.6. The number of rotatable bonds is 16. The number of carbonyl (C=O) groups is 3. The normalized spacial score (nSPS) is 28.0. The number of aliphatic hydroxyl groups excluding tert-OH is 1. The van der Waals surface area contributed by atoms with Gasteiger partial charge in [0.25, 0.3) is 5.91 Å². The SMILES string of the molecule is C=CCN(CCC)C(=O)[C@H]1[C@H]2C(=O)N([C@@H](CO)[C@@H](C)CC)C(C(=O)N(CC=C)c3ccc(N(CC)CC)cc3)C23CC(Br)[C@@H]1O3. The van der Waals surface area contributed by atoms with Crippen LogP contribution < -0.4 is 9.80 Å². The number of fused-ring (bicyclic) bond motifs is 1. The summed E-state index contributed by atoms with van der Waals surface area (Å²) in [5.41, 5.74) is 0.518. The summed E-state index contributed by atoms with van der Waals surface area (Å²) in [7, 11) is 0. The Morgan fingerprint density at radius 2 is 1.71 bits per heavy atom. The van der Waals surface area contributed by atoms with Crippen molar-refractivity contribution in [1.29, 1.82) is 0 Å². The highest BCUT2D eigenvalue weighted by atomic mass is 79.9. The average Bonchev–Trinajstić information content (AvgIpc) is 3.63. The van der Waals surface area contributed by atoms with Gasteiger partial charge in [-0.05, 0) is 56.9 Å². The lowest BCUT2D eigenvalue weighted by Crippen LogP contribution is -2.60. The van der Waals surface area contributed by atoms with Gasteiger partial charge in [-0.1, -0.05) is 55.3 Å². The Hall–Kier alpha value is -2.69. The first-order valence-corrected chi connectivity index (χ1v) is 17.4. The van der Waals surface area contributed by atoms with Gasteiger partial charge in [-0.3, -0.25) is 14.4 Å². The number of aliphatic hydroxyl groups is 1. The molecule has 0 radical (unpaired) electrons. The van der Waals surface area contributed by atoms with Crippen LogP contribution >= 0.6 is 15.9 Å². The fourth-order valence-electron chi connectivity index (χ4n) is 7.76. The second kappa shape index (κ2) is 14.8. The van der Waals surface area contributed by atoms with E-state index in [1.54, 1.807) is 26.9 Å². The maximum absolute atomic E-state index is 15.0. The van der Waals surface area contributed by atoms with E-state index in [4.69, 9.17) is 4.74 Å².